The highest BCUT2D eigenvalue weighted by Gasteiger charge is 2.40. The third-order valence-electron chi connectivity index (χ3n) is 6.11. The van der Waals surface area contributed by atoms with E-state index in [2.05, 4.69) is 22.5 Å². The number of rotatable bonds is 5. The third-order valence-corrected chi connectivity index (χ3v) is 6.11. The van der Waals surface area contributed by atoms with Gasteiger partial charge in [-0.15, -0.1) is 0 Å². The fourth-order valence-corrected chi connectivity index (χ4v) is 4.65. The fraction of sp³-hybridized carbons (Fsp3) is 0.571. The largest absolute Gasteiger partial charge is 0.322 e. The van der Waals surface area contributed by atoms with Crippen LogP contribution < -0.4 is 10.6 Å². The van der Waals surface area contributed by atoms with Gasteiger partial charge in [0.25, 0.3) is 5.91 Å². The van der Waals surface area contributed by atoms with Crippen LogP contribution in [0.15, 0.2) is 18.2 Å². The predicted molar refractivity (Wildman–Crippen MR) is 104 cm³/mol. The molecule has 7 heteroatoms. The number of hydrogen-bond acceptors (Lipinski definition) is 5. The summed E-state index contributed by atoms with van der Waals surface area (Å²) in [5, 5.41) is 5.88. The van der Waals surface area contributed by atoms with Gasteiger partial charge in [-0.3, -0.25) is 24.6 Å². The smallest absolute Gasteiger partial charge is 0.255 e. The molecule has 2 fully saturated rings. The highest BCUT2D eigenvalue weighted by molar-refractivity contribution is 6.05. The maximum atomic E-state index is 13.2. The molecule has 0 radical (unpaired) electrons. The lowest BCUT2D eigenvalue weighted by atomic mass is 10.00. The molecular formula is C21H28N4O3. The number of hydrogen-bond donors (Lipinski definition) is 2. The molecule has 1 atom stereocenters. The second-order valence-corrected chi connectivity index (χ2v) is 7.96. The average Bonchev–Trinajstić information content (AvgIpc) is 3.01. The van der Waals surface area contributed by atoms with Crippen LogP contribution >= 0.6 is 0 Å². The Kier molecular flexibility index (Phi) is 5.46. The van der Waals surface area contributed by atoms with E-state index < -0.39 is 6.04 Å². The number of fused-ring (bicyclic) bond motifs is 1. The first kappa shape index (κ1) is 19.1. The summed E-state index contributed by atoms with van der Waals surface area (Å²) >= 11 is 0. The summed E-state index contributed by atoms with van der Waals surface area (Å²) in [7, 11) is 0. The minimum Gasteiger partial charge on any atom is -0.322 e. The van der Waals surface area contributed by atoms with Crippen molar-refractivity contribution in [3.8, 4) is 0 Å². The van der Waals surface area contributed by atoms with E-state index in [1.807, 2.05) is 18.2 Å². The van der Waals surface area contributed by atoms with E-state index >= 15 is 0 Å². The molecule has 28 heavy (non-hydrogen) atoms. The van der Waals surface area contributed by atoms with Gasteiger partial charge in [-0.1, -0.05) is 25.1 Å². The van der Waals surface area contributed by atoms with Gasteiger partial charge in [0.2, 0.25) is 11.8 Å². The van der Waals surface area contributed by atoms with Gasteiger partial charge in [-0.25, -0.2) is 0 Å². The van der Waals surface area contributed by atoms with Crippen LogP contribution in [0.25, 0.3) is 0 Å². The van der Waals surface area contributed by atoms with Gasteiger partial charge in [0.05, 0.1) is 0 Å². The molecule has 0 bridgehead atoms. The summed E-state index contributed by atoms with van der Waals surface area (Å²) in [5.74, 6) is -0.695. The number of amides is 3. The molecule has 1 aromatic rings. The first-order valence-corrected chi connectivity index (χ1v) is 10.3. The van der Waals surface area contributed by atoms with Crippen LogP contribution in [0.5, 0.6) is 0 Å². The zero-order valence-electron chi connectivity index (χ0n) is 16.4. The van der Waals surface area contributed by atoms with Crippen molar-refractivity contribution in [2.45, 2.75) is 57.8 Å². The average molecular weight is 384 g/mol. The minimum atomic E-state index is -0.554. The Hall–Kier alpha value is -2.25. The Balaban J connectivity index is 1.47. The topological polar surface area (TPSA) is 81.8 Å². The van der Waals surface area contributed by atoms with Crippen LogP contribution in [0.4, 0.5) is 0 Å². The van der Waals surface area contributed by atoms with E-state index in [4.69, 9.17) is 0 Å². The molecular weight excluding hydrogens is 356 g/mol. The molecule has 3 aliphatic rings. The molecule has 7 nitrogen and oxygen atoms in total. The zero-order valence-corrected chi connectivity index (χ0v) is 16.4. The summed E-state index contributed by atoms with van der Waals surface area (Å²) in [6, 6.07) is 6.04. The first-order valence-electron chi connectivity index (χ1n) is 10.3. The van der Waals surface area contributed by atoms with Crippen molar-refractivity contribution in [1.82, 2.24) is 20.4 Å². The highest BCUT2D eigenvalue weighted by Crippen LogP contribution is 2.30. The van der Waals surface area contributed by atoms with Crippen molar-refractivity contribution in [1.29, 1.82) is 0 Å². The molecule has 0 aromatic heterocycles. The van der Waals surface area contributed by atoms with Gasteiger partial charge in [0.1, 0.15) is 6.04 Å². The number of nitrogens with zero attached hydrogens (tertiary/aromatic N) is 2. The molecule has 3 aliphatic heterocycles. The predicted octanol–water partition coefficient (Wildman–Crippen LogP) is 1.02. The highest BCUT2D eigenvalue weighted by atomic mass is 16.2. The van der Waals surface area contributed by atoms with Gasteiger partial charge in [-0.2, -0.15) is 0 Å². The van der Waals surface area contributed by atoms with Crippen molar-refractivity contribution in [3.63, 3.8) is 0 Å². The second-order valence-electron chi connectivity index (χ2n) is 7.96. The van der Waals surface area contributed by atoms with Crippen LogP contribution in [0.1, 0.15) is 54.1 Å². The maximum Gasteiger partial charge on any atom is 0.255 e. The number of likely N-dealkylation sites (tertiary alicyclic amines) is 1. The minimum absolute atomic E-state index is 0.0809. The van der Waals surface area contributed by atoms with Crippen molar-refractivity contribution in [2.24, 2.45) is 0 Å². The van der Waals surface area contributed by atoms with Crippen molar-refractivity contribution < 1.29 is 14.4 Å². The lowest BCUT2D eigenvalue weighted by Gasteiger charge is -2.32. The summed E-state index contributed by atoms with van der Waals surface area (Å²) in [4.78, 5) is 40.9. The van der Waals surface area contributed by atoms with Gasteiger partial charge in [0.15, 0.2) is 0 Å². The lowest BCUT2D eigenvalue weighted by molar-refractivity contribution is -0.136. The Bertz CT molecular complexity index is 786. The maximum absolute atomic E-state index is 13.2. The number of benzene rings is 1. The van der Waals surface area contributed by atoms with Gasteiger partial charge in [-0.05, 0) is 50.0 Å². The number of carbonyl (C=O) groups is 3. The normalized spacial score (nSPS) is 23.8. The van der Waals surface area contributed by atoms with E-state index in [0.29, 0.717) is 19.0 Å². The molecule has 1 unspecified atom stereocenters. The number of piperidine rings is 2. The van der Waals surface area contributed by atoms with E-state index in [1.165, 1.54) is 0 Å². The van der Waals surface area contributed by atoms with Crippen molar-refractivity contribution in [2.75, 3.05) is 19.6 Å². The van der Waals surface area contributed by atoms with Gasteiger partial charge < -0.3 is 10.2 Å². The molecule has 1 aromatic carbocycles. The molecule has 3 amide bonds. The molecule has 0 aliphatic carbocycles. The Morgan fingerprint density at radius 2 is 1.93 bits per heavy atom. The summed E-state index contributed by atoms with van der Waals surface area (Å²) < 4.78 is 0. The van der Waals surface area contributed by atoms with Gasteiger partial charge in [0, 0.05) is 31.1 Å². The van der Waals surface area contributed by atoms with Crippen LogP contribution in [0.3, 0.4) is 0 Å². The van der Waals surface area contributed by atoms with E-state index in [9.17, 15) is 14.4 Å². The van der Waals surface area contributed by atoms with Crippen molar-refractivity contribution in [3.05, 3.63) is 34.9 Å². The standard InChI is InChI=1S/C21H28N4O3/c1-2-22-16-8-10-24(11-9-16)12-14-4-3-5-15-13-25(21(28)19(14)15)17-6-7-18(26)23-20(17)27/h3-5,16-17,22H,2,6-13H2,1H3,(H,23,26,27). The molecule has 4 rings (SSSR count). The summed E-state index contributed by atoms with van der Waals surface area (Å²) in [6.45, 7) is 6.38. The molecule has 150 valence electrons. The second kappa shape index (κ2) is 8.01. The first-order chi connectivity index (χ1) is 13.6. The van der Waals surface area contributed by atoms with Crippen LogP contribution in [-0.4, -0.2) is 59.2 Å². The van der Waals surface area contributed by atoms with Crippen LogP contribution in [0.2, 0.25) is 0 Å². The quantitative estimate of drug-likeness (QED) is 0.741. The number of imide groups is 1. The van der Waals surface area contributed by atoms with E-state index in [1.54, 1.807) is 4.90 Å². The van der Waals surface area contributed by atoms with Crippen molar-refractivity contribution >= 4 is 17.7 Å². The number of nitrogens with one attached hydrogen (secondary N) is 2. The Morgan fingerprint density at radius 1 is 1.14 bits per heavy atom. The summed E-state index contributed by atoms with van der Waals surface area (Å²) in [6.07, 6.45) is 2.93. The Labute approximate surface area is 165 Å². The van der Waals surface area contributed by atoms with Crippen LogP contribution in [0, 0.1) is 0 Å². The molecule has 0 saturated carbocycles. The molecule has 3 heterocycles. The molecule has 2 saturated heterocycles. The Morgan fingerprint density at radius 3 is 2.64 bits per heavy atom. The number of carbonyl (C=O) groups excluding carboxylic acids is 3. The molecule has 2 N–H and O–H groups in total. The zero-order chi connectivity index (χ0) is 19.7. The summed E-state index contributed by atoms with van der Waals surface area (Å²) in [5.41, 5.74) is 2.77. The van der Waals surface area contributed by atoms with Crippen LogP contribution in [-0.2, 0) is 22.7 Å². The third kappa shape index (κ3) is 3.69. The molecule has 0 spiro atoms. The van der Waals surface area contributed by atoms with Gasteiger partial charge >= 0.3 is 0 Å². The fourth-order valence-electron chi connectivity index (χ4n) is 4.65. The van der Waals surface area contributed by atoms with E-state index in [0.717, 1.165) is 55.7 Å². The lowest BCUT2D eigenvalue weighted by Crippen LogP contribution is -2.52. The monoisotopic (exact) mass is 384 g/mol. The van der Waals surface area contributed by atoms with E-state index in [-0.39, 0.29) is 24.1 Å². The SMILES string of the molecule is CCNC1CCN(Cc2cccc3c2C(=O)N(C2CCC(=O)NC2=O)C3)CC1.